The van der Waals surface area contributed by atoms with Crippen molar-refractivity contribution in [2.45, 2.75) is 27.2 Å². The lowest BCUT2D eigenvalue weighted by Crippen LogP contribution is -2.42. The summed E-state index contributed by atoms with van der Waals surface area (Å²) in [6.07, 6.45) is 0.600. The predicted molar refractivity (Wildman–Crippen MR) is 62.6 cm³/mol. The first-order valence-corrected chi connectivity index (χ1v) is 6.54. The zero-order valence-electron chi connectivity index (χ0n) is 8.83. The summed E-state index contributed by atoms with van der Waals surface area (Å²) < 4.78 is 25.1. The van der Waals surface area contributed by atoms with Crippen molar-refractivity contribution in [2.75, 3.05) is 12.3 Å². The molecule has 0 aromatic heterocycles. The molecule has 0 aromatic rings. The van der Waals surface area contributed by atoms with Gasteiger partial charge in [-0.25, -0.2) is 13.1 Å². The lowest BCUT2D eigenvalue weighted by Gasteiger charge is -2.23. The molecule has 0 amide bonds. The molecule has 0 fully saturated rings. The van der Waals surface area contributed by atoms with E-state index in [-0.39, 0.29) is 12.3 Å². The molecular formula is C8H18N2O2S2. The zero-order valence-corrected chi connectivity index (χ0v) is 10.5. The third-order valence-corrected chi connectivity index (χ3v) is 3.96. The monoisotopic (exact) mass is 238 g/mol. The topological polar surface area (TPSA) is 72.2 Å². The number of sulfonamides is 1. The lowest BCUT2D eigenvalue weighted by molar-refractivity contribution is 0.501. The van der Waals surface area contributed by atoms with E-state index < -0.39 is 15.4 Å². The maximum atomic E-state index is 11.3. The summed E-state index contributed by atoms with van der Waals surface area (Å²) in [5.74, 6) is 0.139. The van der Waals surface area contributed by atoms with Gasteiger partial charge in [0.2, 0.25) is 10.0 Å². The van der Waals surface area contributed by atoms with Crippen LogP contribution < -0.4 is 10.5 Å². The standard InChI is InChI=1S/C8H18N2O2S2/c1-4-5-14(11,12)10-6-8(2,3)7(9)13/h10H,4-6H2,1-3H3,(H2,9,13). The molecule has 0 atom stereocenters. The number of nitrogens with two attached hydrogens (primary N) is 1. The molecule has 14 heavy (non-hydrogen) atoms. The van der Waals surface area contributed by atoms with E-state index in [1.807, 2.05) is 20.8 Å². The van der Waals surface area contributed by atoms with Gasteiger partial charge in [-0.05, 0) is 6.42 Å². The van der Waals surface area contributed by atoms with Crippen LogP contribution in [-0.2, 0) is 10.0 Å². The first-order valence-electron chi connectivity index (χ1n) is 4.48. The van der Waals surface area contributed by atoms with Crippen molar-refractivity contribution >= 4 is 27.2 Å². The van der Waals surface area contributed by atoms with Crippen LogP contribution in [0.5, 0.6) is 0 Å². The fraction of sp³-hybridized carbons (Fsp3) is 0.875. The highest BCUT2D eigenvalue weighted by atomic mass is 32.2. The molecular weight excluding hydrogens is 220 g/mol. The second-order valence-corrected chi connectivity index (χ2v) is 6.25. The highest BCUT2D eigenvalue weighted by Crippen LogP contribution is 2.13. The van der Waals surface area contributed by atoms with E-state index in [0.717, 1.165) is 0 Å². The Balaban J connectivity index is 4.26. The van der Waals surface area contributed by atoms with Gasteiger partial charge in [-0.15, -0.1) is 0 Å². The summed E-state index contributed by atoms with van der Waals surface area (Å²) in [4.78, 5) is 0.316. The molecule has 0 aliphatic rings. The van der Waals surface area contributed by atoms with Gasteiger partial charge < -0.3 is 5.73 Å². The summed E-state index contributed by atoms with van der Waals surface area (Å²) in [5.41, 5.74) is 4.99. The van der Waals surface area contributed by atoms with Gasteiger partial charge in [0.05, 0.1) is 10.7 Å². The fourth-order valence-corrected chi connectivity index (χ4v) is 2.05. The normalized spacial score (nSPS) is 12.8. The van der Waals surface area contributed by atoms with Gasteiger partial charge in [-0.2, -0.15) is 0 Å². The van der Waals surface area contributed by atoms with Crippen molar-refractivity contribution in [2.24, 2.45) is 11.1 Å². The van der Waals surface area contributed by atoms with Crippen LogP contribution in [0.15, 0.2) is 0 Å². The molecule has 0 radical (unpaired) electrons. The van der Waals surface area contributed by atoms with E-state index >= 15 is 0 Å². The van der Waals surface area contributed by atoms with Gasteiger partial charge in [0.25, 0.3) is 0 Å². The Bertz CT molecular complexity index is 296. The largest absolute Gasteiger partial charge is 0.393 e. The van der Waals surface area contributed by atoms with Crippen LogP contribution in [0.4, 0.5) is 0 Å². The molecule has 0 heterocycles. The van der Waals surface area contributed by atoms with E-state index in [2.05, 4.69) is 4.72 Å². The van der Waals surface area contributed by atoms with E-state index in [4.69, 9.17) is 18.0 Å². The molecule has 0 rings (SSSR count). The molecule has 84 valence electrons. The first kappa shape index (κ1) is 13.8. The SMILES string of the molecule is CCCS(=O)(=O)NCC(C)(C)C(N)=S. The van der Waals surface area contributed by atoms with Gasteiger partial charge >= 0.3 is 0 Å². The van der Waals surface area contributed by atoms with Crippen LogP contribution >= 0.6 is 12.2 Å². The van der Waals surface area contributed by atoms with Gasteiger partial charge in [0, 0.05) is 12.0 Å². The highest BCUT2D eigenvalue weighted by molar-refractivity contribution is 7.89. The van der Waals surface area contributed by atoms with Crippen molar-refractivity contribution in [3.63, 3.8) is 0 Å². The zero-order chi connectivity index (χ0) is 11.4. The Hall–Kier alpha value is -0.200. The first-order chi connectivity index (χ1) is 6.21. The Morgan fingerprint density at radius 3 is 2.36 bits per heavy atom. The van der Waals surface area contributed by atoms with Gasteiger partial charge in [-0.3, -0.25) is 0 Å². The molecule has 6 heteroatoms. The molecule has 0 spiro atoms. The maximum Gasteiger partial charge on any atom is 0.211 e. The van der Waals surface area contributed by atoms with Crippen molar-refractivity contribution < 1.29 is 8.42 Å². The molecule has 0 aromatic carbocycles. The van der Waals surface area contributed by atoms with Gasteiger partial charge in [0.1, 0.15) is 0 Å². The molecule has 0 saturated heterocycles. The Kier molecular flexibility index (Phi) is 4.97. The van der Waals surface area contributed by atoms with Crippen LogP contribution in [0, 0.1) is 5.41 Å². The van der Waals surface area contributed by atoms with Crippen LogP contribution in [0.2, 0.25) is 0 Å². The minimum absolute atomic E-state index is 0.139. The highest BCUT2D eigenvalue weighted by Gasteiger charge is 2.23. The second-order valence-electron chi connectivity index (χ2n) is 3.89. The van der Waals surface area contributed by atoms with Crippen LogP contribution in [-0.4, -0.2) is 25.7 Å². The van der Waals surface area contributed by atoms with Gasteiger partial charge in [0.15, 0.2) is 0 Å². The quantitative estimate of drug-likeness (QED) is 0.666. The second kappa shape index (κ2) is 5.04. The number of thiocarbonyl (C=S) groups is 1. The number of hydrogen-bond acceptors (Lipinski definition) is 3. The molecule has 0 unspecified atom stereocenters. The van der Waals surface area contributed by atoms with Crippen molar-refractivity contribution in [3.8, 4) is 0 Å². The molecule has 3 N–H and O–H groups in total. The van der Waals surface area contributed by atoms with E-state index in [1.54, 1.807) is 0 Å². The maximum absolute atomic E-state index is 11.3. The summed E-state index contributed by atoms with van der Waals surface area (Å²) >= 11 is 4.83. The molecule has 0 aliphatic carbocycles. The summed E-state index contributed by atoms with van der Waals surface area (Å²) in [5, 5.41) is 0. The molecule has 4 nitrogen and oxygen atoms in total. The van der Waals surface area contributed by atoms with Crippen molar-refractivity contribution in [1.82, 2.24) is 4.72 Å². The van der Waals surface area contributed by atoms with E-state index in [9.17, 15) is 8.42 Å². The minimum Gasteiger partial charge on any atom is -0.393 e. The average molecular weight is 238 g/mol. The van der Waals surface area contributed by atoms with Crippen LogP contribution in [0.25, 0.3) is 0 Å². The Labute approximate surface area is 91.3 Å². The van der Waals surface area contributed by atoms with E-state index in [1.165, 1.54) is 0 Å². The average Bonchev–Trinajstić information content (AvgIpc) is 2.01. The number of rotatable bonds is 6. The molecule has 0 bridgehead atoms. The lowest BCUT2D eigenvalue weighted by atomic mass is 9.94. The molecule has 0 aliphatic heterocycles. The van der Waals surface area contributed by atoms with Crippen LogP contribution in [0.1, 0.15) is 27.2 Å². The number of nitrogens with one attached hydrogen (secondary N) is 1. The summed E-state index contributed by atoms with van der Waals surface area (Å²) in [6, 6.07) is 0. The Morgan fingerprint density at radius 2 is 2.00 bits per heavy atom. The summed E-state index contributed by atoms with van der Waals surface area (Å²) in [6.45, 7) is 5.69. The smallest absolute Gasteiger partial charge is 0.211 e. The third kappa shape index (κ3) is 4.88. The van der Waals surface area contributed by atoms with Gasteiger partial charge in [-0.1, -0.05) is 33.0 Å². The third-order valence-electron chi connectivity index (χ3n) is 1.87. The fourth-order valence-electron chi connectivity index (χ4n) is 0.718. The van der Waals surface area contributed by atoms with Crippen molar-refractivity contribution in [1.29, 1.82) is 0 Å². The van der Waals surface area contributed by atoms with Crippen molar-refractivity contribution in [3.05, 3.63) is 0 Å². The minimum atomic E-state index is -3.16. The molecule has 0 saturated carbocycles. The van der Waals surface area contributed by atoms with Crippen LogP contribution in [0.3, 0.4) is 0 Å². The predicted octanol–water partition coefficient (Wildman–Crippen LogP) is 0.628. The van der Waals surface area contributed by atoms with E-state index in [0.29, 0.717) is 11.4 Å². The summed E-state index contributed by atoms with van der Waals surface area (Å²) in [7, 11) is -3.16. The Morgan fingerprint density at radius 1 is 1.50 bits per heavy atom. The number of hydrogen-bond donors (Lipinski definition) is 2.